The molecule has 1 fully saturated rings. The molecule has 106 valence electrons. The predicted octanol–water partition coefficient (Wildman–Crippen LogP) is -0.445. The zero-order valence-corrected chi connectivity index (χ0v) is 11.2. The number of carboxylic acid groups (broad SMARTS) is 1. The third-order valence-electron chi connectivity index (χ3n) is 3.15. The summed E-state index contributed by atoms with van der Waals surface area (Å²) < 4.78 is 25.6. The van der Waals surface area contributed by atoms with E-state index in [1.54, 1.807) is 12.1 Å². The van der Waals surface area contributed by atoms with Gasteiger partial charge in [0.15, 0.2) is 0 Å². The first-order valence-corrected chi connectivity index (χ1v) is 7.26. The molecule has 1 aliphatic rings. The third kappa shape index (κ3) is 3.69. The van der Waals surface area contributed by atoms with E-state index < -0.39 is 28.1 Å². The molecule has 2 atom stereocenters. The van der Waals surface area contributed by atoms with Gasteiger partial charge in [0.25, 0.3) is 0 Å². The molecular weight excluding hydrogens is 309 g/mol. The van der Waals surface area contributed by atoms with Gasteiger partial charge in [-0.25, -0.2) is 8.42 Å². The van der Waals surface area contributed by atoms with Crippen LogP contribution < -0.4 is 0 Å². The first kappa shape index (κ1) is 18.2. The van der Waals surface area contributed by atoms with Crippen molar-refractivity contribution < 1.29 is 23.4 Å². The summed E-state index contributed by atoms with van der Waals surface area (Å²) in [4.78, 5) is 11.1. The Bertz CT molecular complexity index is 586. The van der Waals surface area contributed by atoms with E-state index in [-0.39, 0.29) is 69.2 Å². The Labute approximate surface area is 160 Å². The summed E-state index contributed by atoms with van der Waals surface area (Å²) in [5.41, 5.74) is 0.912. The Hall–Kier alpha value is 0.196. The molecule has 2 N–H and O–H groups in total. The fourth-order valence-corrected chi connectivity index (χ4v) is 3.75. The molecule has 1 aliphatic heterocycles. The van der Waals surface area contributed by atoms with Crippen molar-refractivity contribution in [3.8, 4) is 0 Å². The van der Waals surface area contributed by atoms with Gasteiger partial charge < -0.3 is 10.2 Å². The van der Waals surface area contributed by atoms with Gasteiger partial charge in [-0.2, -0.15) is 4.31 Å². The fourth-order valence-electron chi connectivity index (χ4n) is 2.12. The summed E-state index contributed by atoms with van der Waals surface area (Å²) in [6.07, 6.45) is -1.03. The second-order valence-corrected chi connectivity index (χ2v) is 6.52. The third-order valence-corrected chi connectivity index (χ3v) is 5.04. The normalized spacial score (nSPS) is 23.3. The molecule has 0 amide bonds. The number of benzene rings is 1. The van der Waals surface area contributed by atoms with Crippen LogP contribution in [-0.2, 0) is 14.8 Å². The molecule has 1 saturated heterocycles. The Balaban J connectivity index is 0.00000200. The molecule has 1 aromatic rings. The first-order chi connectivity index (χ1) is 8.82. The van der Waals surface area contributed by atoms with Crippen LogP contribution in [0, 0.1) is 6.92 Å². The van der Waals surface area contributed by atoms with Gasteiger partial charge in [0.1, 0.15) is 6.04 Å². The maximum absolute atomic E-state index is 12.4. The van der Waals surface area contributed by atoms with Gasteiger partial charge >= 0.3 is 57.4 Å². The zero-order valence-electron chi connectivity index (χ0n) is 10.4. The minimum absolute atomic E-state index is 0. The van der Waals surface area contributed by atoms with Crippen LogP contribution in [0.15, 0.2) is 29.2 Å². The van der Waals surface area contributed by atoms with Crippen molar-refractivity contribution in [2.24, 2.45) is 0 Å². The standard InChI is InChI=1S/C12H15NO5S.K.H/c1-8-2-4-10(5-3-8)19(17,18)13-7-9(14)6-11(13)12(15)16;;/h2-5,9,11,14H,6-7H2,1H3,(H,15,16);;/t9?,11-;;/m0../s1. The van der Waals surface area contributed by atoms with Gasteiger partial charge in [-0.1, -0.05) is 17.7 Å². The van der Waals surface area contributed by atoms with E-state index in [0.29, 0.717) is 0 Å². The minimum atomic E-state index is -3.89. The molecule has 20 heavy (non-hydrogen) atoms. The number of carbonyl (C=O) groups is 1. The van der Waals surface area contributed by atoms with Crippen molar-refractivity contribution in [3.05, 3.63) is 29.8 Å². The van der Waals surface area contributed by atoms with E-state index in [9.17, 15) is 18.3 Å². The summed E-state index contributed by atoms with van der Waals surface area (Å²) in [6.45, 7) is 1.64. The fraction of sp³-hybridized carbons (Fsp3) is 0.417. The molecule has 8 heteroatoms. The summed E-state index contributed by atoms with van der Waals surface area (Å²) in [5, 5.41) is 18.5. The number of aliphatic carboxylic acids is 1. The molecule has 0 saturated carbocycles. The number of hydrogen-bond acceptors (Lipinski definition) is 4. The number of nitrogens with zero attached hydrogens (tertiary/aromatic N) is 1. The van der Waals surface area contributed by atoms with E-state index in [1.165, 1.54) is 12.1 Å². The van der Waals surface area contributed by atoms with Gasteiger partial charge in [0.05, 0.1) is 11.0 Å². The average Bonchev–Trinajstić information content (AvgIpc) is 2.73. The van der Waals surface area contributed by atoms with Gasteiger partial charge in [-0.15, -0.1) is 0 Å². The molecule has 6 nitrogen and oxygen atoms in total. The van der Waals surface area contributed by atoms with Gasteiger partial charge in [0, 0.05) is 13.0 Å². The number of aliphatic hydroxyl groups is 1. The van der Waals surface area contributed by atoms with Crippen LogP contribution in [0.3, 0.4) is 0 Å². The van der Waals surface area contributed by atoms with Crippen molar-refractivity contribution in [3.63, 3.8) is 0 Å². The molecular formula is C12H16KNO5S. The zero-order chi connectivity index (χ0) is 14.2. The predicted molar refractivity (Wildman–Crippen MR) is 74.3 cm³/mol. The molecule has 2 rings (SSSR count). The molecule has 0 spiro atoms. The molecule has 0 aliphatic carbocycles. The molecule has 1 unspecified atom stereocenters. The van der Waals surface area contributed by atoms with Crippen molar-refractivity contribution in [1.29, 1.82) is 0 Å². The Morgan fingerprint density at radius 2 is 1.85 bits per heavy atom. The van der Waals surface area contributed by atoms with E-state index in [4.69, 9.17) is 5.11 Å². The van der Waals surface area contributed by atoms with E-state index in [0.717, 1.165) is 9.87 Å². The van der Waals surface area contributed by atoms with Crippen LogP contribution in [0.4, 0.5) is 0 Å². The number of sulfonamides is 1. The quantitative estimate of drug-likeness (QED) is 0.734. The van der Waals surface area contributed by atoms with Gasteiger partial charge in [-0.05, 0) is 19.1 Å². The summed E-state index contributed by atoms with van der Waals surface area (Å²) in [7, 11) is -3.89. The van der Waals surface area contributed by atoms with Crippen molar-refractivity contribution in [1.82, 2.24) is 4.31 Å². The number of rotatable bonds is 3. The average molecular weight is 325 g/mol. The van der Waals surface area contributed by atoms with E-state index >= 15 is 0 Å². The van der Waals surface area contributed by atoms with Crippen molar-refractivity contribution >= 4 is 67.4 Å². The summed E-state index contributed by atoms with van der Waals surface area (Å²) >= 11 is 0. The molecule has 1 aromatic carbocycles. The molecule has 1 heterocycles. The van der Waals surface area contributed by atoms with Crippen molar-refractivity contribution in [2.75, 3.05) is 6.54 Å². The van der Waals surface area contributed by atoms with Crippen LogP contribution in [0.2, 0.25) is 0 Å². The Kier molecular flexibility index (Phi) is 6.36. The number of carboxylic acids is 1. The monoisotopic (exact) mass is 325 g/mol. The number of β-amino-alcohol motifs (C(OH)–C–C–N with tert-alkyl or cyclic N) is 1. The number of aliphatic hydroxyl groups excluding tert-OH is 1. The van der Waals surface area contributed by atoms with Gasteiger partial charge in [0.2, 0.25) is 10.0 Å². The molecule has 0 radical (unpaired) electrons. The topological polar surface area (TPSA) is 94.9 Å². The summed E-state index contributed by atoms with van der Waals surface area (Å²) in [5.74, 6) is -1.24. The molecule has 0 bridgehead atoms. The Morgan fingerprint density at radius 3 is 2.35 bits per heavy atom. The Morgan fingerprint density at radius 1 is 1.30 bits per heavy atom. The first-order valence-electron chi connectivity index (χ1n) is 5.82. The summed E-state index contributed by atoms with van der Waals surface area (Å²) in [6, 6.07) is 4.97. The van der Waals surface area contributed by atoms with Crippen LogP contribution in [-0.4, -0.2) is 99.0 Å². The van der Waals surface area contributed by atoms with E-state index in [2.05, 4.69) is 0 Å². The second kappa shape index (κ2) is 6.97. The number of hydrogen-bond donors (Lipinski definition) is 2. The SMILES string of the molecule is Cc1ccc(S(=O)(=O)N2CC(O)C[C@H]2C(=O)O)cc1.[KH]. The van der Waals surface area contributed by atoms with E-state index in [1.807, 2.05) is 6.92 Å². The van der Waals surface area contributed by atoms with Crippen molar-refractivity contribution in [2.45, 2.75) is 30.4 Å². The van der Waals surface area contributed by atoms with Crippen LogP contribution in [0.25, 0.3) is 0 Å². The van der Waals surface area contributed by atoms with Crippen LogP contribution in [0.5, 0.6) is 0 Å². The van der Waals surface area contributed by atoms with Crippen LogP contribution >= 0.6 is 0 Å². The molecule has 0 aromatic heterocycles. The second-order valence-electron chi connectivity index (χ2n) is 4.63. The maximum atomic E-state index is 12.4. The number of aryl methyl sites for hydroxylation is 1. The van der Waals surface area contributed by atoms with Crippen LogP contribution in [0.1, 0.15) is 12.0 Å². The van der Waals surface area contributed by atoms with Gasteiger partial charge in [-0.3, -0.25) is 4.79 Å².